The van der Waals surface area contributed by atoms with Crippen LogP contribution in [0.5, 0.6) is 0 Å². The molecule has 0 spiro atoms. The van der Waals surface area contributed by atoms with Gasteiger partial charge in [-0.25, -0.2) is 9.78 Å². The molecule has 0 radical (unpaired) electrons. The minimum Gasteiger partial charge on any atom is -0.450 e. The first-order chi connectivity index (χ1) is 4.79. The predicted molar refractivity (Wildman–Crippen MR) is 29.3 cm³/mol. The van der Waals surface area contributed by atoms with E-state index in [9.17, 15) is 4.79 Å². The van der Waals surface area contributed by atoms with Crippen molar-refractivity contribution in [2.45, 2.75) is 6.61 Å². The molecule has 1 N–H and O–H groups in total. The molecule has 0 aromatic carbocycles. The molecule has 5 heteroatoms. The van der Waals surface area contributed by atoms with Crippen LogP contribution in [0.2, 0.25) is 0 Å². The summed E-state index contributed by atoms with van der Waals surface area (Å²) in [5.74, 6) is 0.391. The van der Waals surface area contributed by atoms with E-state index in [1.807, 2.05) is 0 Å². The summed E-state index contributed by atoms with van der Waals surface area (Å²) in [6.07, 6.45) is 1.28. The molecular formula is C5H5NO4. The molecule has 54 valence electrons. The molecule has 0 saturated carbocycles. The van der Waals surface area contributed by atoms with Gasteiger partial charge < -0.3 is 14.3 Å². The van der Waals surface area contributed by atoms with Crippen LogP contribution in [-0.2, 0) is 11.3 Å². The first-order valence-electron chi connectivity index (χ1n) is 2.52. The smallest absolute Gasteiger partial charge is 0.450 e. The Morgan fingerprint density at radius 1 is 1.90 bits per heavy atom. The van der Waals surface area contributed by atoms with Crippen LogP contribution in [0.15, 0.2) is 17.0 Å². The van der Waals surface area contributed by atoms with E-state index in [-0.39, 0.29) is 6.61 Å². The average Bonchev–Trinajstić information content (AvgIpc) is 2.34. The number of nitrogens with zero attached hydrogens (tertiary/aromatic N) is 1. The lowest BCUT2D eigenvalue weighted by atomic mass is 10.6. The zero-order valence-electron chi connectivity index (χ0n) is 4.98. The number of ether oxygens (including phenoxy) is 1. The van der Waals surface area contributed by atoms with E-state index >= 15 is 0 Å². The molecule has 5 nitrogen and oxygen atoms in total. The van der Waals surface area contributed by atoms with Gasteiger partial charge >= 0.3 is 6.16 Å². The van der Waals surface area contributed by atoms with Crippen LogP contribution in [0.1, 0.15) is 5.76 Å². The third kappa shape index (κ3) is 1.77. The average molecular weight is 143 g/mol. The van der Waals surface area contributed by atoms with Crippen molar-refractivity contribution in [1.82, 2.24) is 4.98 Å². The molecule has 0 unspecified atom stereocenters. The molecule has 1 heterocycles. The minimum absolute atomic E-state index is 0.0880. The number of carbonyl (C=O) groups is 1. The molecule has 0 aliphatic carbocycles. The van der Waals surface area contributed by atoms with Crippen LogP contribution in [0.4, 0.5) is 4.79 Å². The lowest BCUT2D eigenvalue weighted by Gasteiger charge is -1.92. The normalized spacial score (nSPS) is 9.20. The predicted octanol–water partition coefficient (Wildman–Crippen LogP) is 0.869. The molecule has 1 aromatic heterocycles. The summed E-state index contributed by atoms with van der Waals surface area (Å²) in [4.78, 5) is 13.4. The van der Waals surface area contributed by atoms with Gasteiger partial charge in [-0.2, -0.15) is 0 Å². The fourth-order valence-electron chi connectivity index (χ4n) is 0.446. The molecule has 1 rings (SSSR count). The van der Waals surface area contributed by atoms with Gasteiger partial charge in [0.1, 0.15) is 0 Å². The van der Waals surface area contributed by atoms with Crippen molar-refractivity contribution in [2.75, 3.05) is 0 Å². The lowest BCUT2D eigenvalue weighted by Crippen LogP contribution is -1.98. The van der Waals surface area contributed by atoms with Gasteiger partial charge in [0.25, 0.3) is 0 Å². The summed E-state index contributed by atoms with van der Waals surface area (Å²) in [6, 6.07) is 0. The molecule has 0 atom stereocenters. The molecule has 0 saturated heterocycles. The van der Waals surface area contributed by atoms with Crippen molar-refractivity contribution < 1.29 is 19.1 Å². The standard InChI is InChI=1S/C5H5NO4/c7-5(8)9-2-4-1-6-3-10-4/h1,3H,2H2,(H,7,8). The SMILES string of the molecule is O=C(O)OCc1cnco1. The molecule has 1 aromatic rings. The number of hydrogen-bond donors (Lipinski definition) is 1. The van der Waals surface area contributed by atoms with Crippen LogP contribution >= 0.6 is 0 Å². The topological polar surface area (TPSA) is 72.6 Å². The number of oxazole rings is 1. The first-order valence-corrected chi connectivity index (χ1v) is 2.52. The maximum atomic E-state index is 9.81. The third-order valence-electron chi connectivity index (χ3n) is 0.821. The zero-order valence-corrected chi connectivity index (χ0v) is 4.98. The molecule has 0 bridgehead atoms. The molecule has 10 heavy (non-hydrogen) atoms. The Kier molecular flexibility index (Phi) is 1.89. The summed E-state index contributed by atoms with van der Waals surface area (Å²) in [6.45, 7) is -0.0880. The van der Waals surface area contributed by atoms with Gasteiger partial charge in [0.05, 0.1) is 6.20 Å². The maximum Gasteiger partial charge on any atom is 0.506 e. The Morgan fingerprint density at radius 2 is 2.70 bits per heavy atom. The van der Waals surface area contributed by atoms with Crippen LogP contribution < -0.4 is 0 Å². The molecule has 0 fully saturated rings. The fraction of sp³-hybridized carbons (Fsp3) is 0.200. The van der Waals surface area contributed by atoms with Gasteiger partial charge in [-0.1, -0.05) is 0 Å². The van der Waals surface area contributed by atoms with Crippen molar-refractivity contribution >= 4 is 6.16 Å². The number of hydrogen-bond acceptors (Lipinski definition) is 4. The van der Waals surface area contributed by atoms with E-state index in [0.717, 1.165) is 0 Å². The highest BCUT2D eigenvalue weighted by Crippen LogP contribution is 1.97. The third-order valence-corrected chi connectivity index (χ3v) is 0.821. The van der Waals surface area contributed by atoms with E-state index in [2.05, 4.69) is 14.1 Å². The van der Waals surface area contributed by atoms with Crippen LogP contribution in [0.25, 0.3) is 0 Å². The van der Waals surface area contributed by atoms with E-state index in [4.69, 9.17) is 5.11 Å². The largest absolute Gasteiger partial charge is 0.506 e. The van der Waals surface area contributed by atoms with Crippen molar-refractivity contribution in [3.05, 3.63) is 18.4 Å². The summed E-state index contributed by atoms with van der Waals surface area (Å²) >= 11 is 0. The van der Waals surface area contributed by atoms with Crippen molar-refractivity contribution in [2.24, 2.45) is 0 Å². The minimum atomic E-state index is -1.32. The highest BCUT2D eigenvalue weighted by atomic mass is 16.7. The van der Waals surface area contributed by atoms with Gasteiger partial charge in [-0.05, 0) is 0 Å². The highest BCUT2D eigenvalue weighted by Gasteiger charge is 1.99. The van der Waals surface area contributed by atoms with Gasteiger partial charge in [-0.15, -0.1) is 0 Å². The lowest BCUT2D eigenvalue weighted by molar-refractivity contribution is 0.0792. The number of aromatic nitrogens is 1. The van der Waals surface area contributed by atoms with Crippen molar-refractivity contribution in [3.8, 4) is 0 Å². The Balaban J connectivity index is 2.35. The second-order valence-corrected chi connectivity index (χ2v) is 1.52. The molecule has 0 aliphatic rings. The second kappa shape index (κ2) is 2.86. The summed E-state index contributed by atoms with van der Waals surface area (Å²) < 4.78 is 8.85. The van der Waals surface area contributed by atoms with Crippen LogP contribution in [-0.4, -0.2) is 16.2 Å². The summed E-state index contributed by atoms with van der Waals surface area (Å²) in [7, 11) is 0. The monoisotopic (exact) mass is 143 g/mol. The Labute approximate surface area is 56.2 Å². The van der Waals surface area contributed by atoms with E-state index in [1.165, 1.54) is 12.6 Å². The Bertz CT molecular complexity index is 205. The highest BCUT2D eigenvalue weighted by molar-refractivity contribution is 5.56. The van der Waals surface area contributed by atoms with Crippen molar-refractivity contribution in [1.29, 1.82) is 0 Å². The second-order valence-electron chi connectivity index (χ2n) is 1.52. The van der Waals surface area contributed by atoms with E-state index < -0.39 is 6.16 Å². The van der Waals surface area contributed by atoms with Gasteiger partial charge in [0.2, 0.25) is 0 Å². The molecular weight excluding hydrogens is 138 g/mol. The molecule has 0 amide bonds. The summed E-state index contributed by atoms with van der Waals surface area (Å²) in [5, 5.41) is 8.03. The van der Waals surface area contributed by atoms with Crippen LogP contribution in [0.3, 0.4) is 0 Å². The van der Waals surface area contributed by atoms with E-state index in [1.54, 1.807) is 0 Å². The zero-order chi connectivity index (χ0) is 7.40. The van der Waals surface area contributed by atoms with E-state index in [0.29, 0.717) is 5.76 Å². The van der Waals surface area contributed by atoms with Gasteiger partial charge in [0.15, 0.2) is 18.8 Å². The number of carboxylic acid groups (broad SMARTS) is 1. The number of rotatable bonds is 2. The summed E-state index contributed by atoms with van der Waals surface area (Å²) in [5.41, 5.74) is 0. The first kappa shape index (κ1) is 6.60. The van der Waals surface area contributed by atoms with Crippen molar-refractivity contribution in [3.63, 3.8) is 0 Å². The van der Waals surface area contributed by atoms with Gasteiger partial charge in [-0.3, -0.25) is 0 Å². The van der Waals surface area contributed by atoms with Crippen LogP contribution in [0, 0.1) is 0 Å². The maximum absolute atomic E-state index is 9.81. The fourth-order valence-corrected chi connectivity index (χ4v) is 0.446. The molecule has 0 aliphatic heterocycles. The van der Waals surface area contributed by atoms with Gasteiger partial charge in [0, 0.05) is 0 Å². The quantitative estimate of drug-likeness (QED) is 0.622. The Morgan fingerprint density at radius 3 is 3.20 bits per heavy atom. The Hall–Kier alpha value is -1.52.